The molecule has 2 saturated heterocycles. The molecular formula is C21H34N2O2S. The molecule has 0 radical (unpaired) electrons. The minimum atomic E-state index is 0.0585. The summed E-state index contributed by atoms with van der Waals surface area (Å²) in [6.45, 7) is 5.89. The number of piperidine rings is 1. The Labute approximate surface area is 162 Å². The molecule has 1 aromatic rings. The highest BCUT2D eigenvalue weighted by Crippen LogP contribution is 2.43. The molecule has 1 saturated carbocycles. The van der Waals surface area contributed by atoms with Gasteiger partial charge in [0.2, 0.25) is 0 Å². The molecule has 26 heavy (non-hydrogen) atoms. The summed E-state index contributed by atoms with van der Waals surface area (Å²) in [5, 5.41) is 2.38. The van der Waals surface area contributed by atoms with Crippen LogP contribution in [0, 0.1) is 0 Å². The van der Waals surface area contributed by atoms with Gasteiger partial charge in [0, 0.05) is 44.8 Å². The van der Waals surface area contributed by atoms with Crippen LogP contribution in [0.15, 0.2) is 11.4 Å². The summed E-state index contributed by atoms with van der Waals surface area (Å²) < 4.78 is 11.8. The van der Waals surface area contributed by atoms with Crippen molar-refractivity contribution in [2.45, 2.75) is 75.8 Å². The number of likely N-dealkylation sites (tertiary alicyclic amines) is 2. The fourth-order valence-electron chi connectivity index (χ4n) is 5.33. The lowest BCUT2D eigenvalue weighted by Crippen LogP contribution is -2.51. The van der Waals surface area contributed by atoms with E-state index in [9.17, 15) is 0 Å². The number of ether oxygens (including phenoxy) is 2. The second-order valence-electron chi connectivity index (χ2n) is 8.40. The maximum atomic E-state index is 6.07. The fourth-order valence-corrected chi connectivity index (χ4v) is 6.23. The summed E-state index contributed by atoms with van der Waals surface area (Å²) in [4.78, 5) is 6.78. The molecule has 5 heteroatoms. The Morgan fingerprint density at radius 3 is 2.73 bits per heavy atom. The molecular weight excluding hydrogens is 344 g/mol. The van der Waals surface area contributed by atoms with Gasteiger partial charge >= 0.3 is 0 Å². The third-order valence-corrected chi connectivity index (χ3v) is 7.88. The Kier molecular flexibility index (Phi) is 6.01. The minimum Gasteiger partial charge on any atom is -0.381 e. The third kappa shape index (κ3) is 3.88. The van der Waals surface area contributed by atoms with E-state index >= 15 is 0 Å². The van der Waals surface area contributed by atoms with Crippen LogP contribution in [0.3, 0.4) is 0 Å². The summed E-state index contributed by atoms with van der Waals surface area (Å²) in [6, 6.07) is 2.95. The summed E-state index contributed by atoms with van der Waals surface area (Å²) in [6.07, 6.45) is 9.07. The van der Waals surface area contributed by atoms with E-state index in [0.29, 0.717) is 12.1 Å². The van der Waals surface area contributed by atoms with Crippen LogP contribution in [0.2, 0.25) is 0 Å². The van der Waals surface area contributed by atoms with Gasteiger partial charge in [-0.1, -0.05) is 6.42 Å². The van der Waals surface area contributed by atoms with Crippen LogP contribution in [0.25, 0.3) is 0 Å². The number of thiophene rings is 1. The van der Waals surface area contributed by atoms with Crippen LogP contribution in [0.1, 0.15) is 55.4 Å². The maximum Gasteiger partial charge on any atom is 0.0847 e. The molecule has 0 N–H and O–H groups in total. The molecule has 0 aromatic carbocycles. The normalized spacial score (nSPS) is 33.5. The fraction of sp³-hybridized carbons (Fsp3) is 0.810. The van der Waals surface area contributed by atoms with E-state index in [0.717, 1.165) is 45.3 Å². The van der Waals surface area contributed by atoms with Crippen molar-refractivity contribution in [2.24, 2.45) is 0 Å². The summed E-state index contributed by atoms with van der Waals surface area (Å²) in [7, 11) is 3.77. The average Bonchev–Trinajstić information content (AvgIpc) is 3.27. The predicted molar refractivity (Wildman–Crippen MR) is 107 cm³/mol. The van der Waals surface area contributed by atoms with Crippen LogP contribution in [0.4, 0.5) is 0 Å². The number of hydrogen-bond acceptors (Lipinski definition) is 5. The molecule has 1 aliphatic carbocycles. The molecule has 0 unspecified atom stereocenters. The minimum absolute atomic E-state index is 0.0585. The lowest BCUT2D eigenvalue weighted by molar-refractivity contribution is -0.0946. The zero-order chi connectivity index (χ0) is 18.0. The molecule has 146 valence electrons. The Balaban J connectivity index is 1.39. The van der Waals surface area contributed by atoms with Gasteiger partial charge in [0.1, 0.15) is 0 Å². The van der Waals surface area contributed by atoms with Crippen molar-refractivity contribution in [3.63, 3.8) is 0 Å². The van der Waals surface area contributed by atoms with Crippen molar-refractivity contribution in [3.05, 3.63) is 21.9 Å². The van der Waals surface area contributed by atoms with Gasteiger partial charge in [-0.3, -0.25) is 9.80 Å². The number of fused-ring (bicyclic) bond motifs is 1. The summed E-state index contributed by atoms with van der Waals surface area (Å²) >= 11 is 1.94. The third-order valence-electron chi connectivity index (χ3n) is 6.91. The predicted octanol–water partition coefficient (Wildman–Crippen LogP) is 3.89. The molecule has 3 heterocycles. The monoisotopic (exact) mass is 378 g/mol. The number of rotatable bonds is 6. The quantitative estimate of drug-likeness (QED) is 0.750. The molecule has 3 fully saturated rings. The summed E-state index contributed by atoms with van der Waals surface area (Å²) in [5.74, 6) is 0. The molecule has 0 amide bonds. The number of hydrogen-bond donors (Lipinski definition) is 0. The van der Waals surface area contributed by atoms with Gasteiger partial charge in [0.05, 0.1) is 11.7 Å². The molecule has 3 aliphatic rings. The van der Waals surface area contributed by atoms with E-state index in [1.54, 1.807) is 0 Å². The molecule has 0 spiro atoms. The second-order valence-corrected chi connectivity index (χ2v) is 9.39. The van der Waals surface area contributed by atoms with E-state index in [2.05, 4.69) is 21.2 Å². The Morgan fingerprint density at radius 1 is 1.12 bits per heavy atom. The first kappa shape index (κ1) is 18.9. The second kappa shape index (κ2) is 8.27. The Bertz CT molecular complexity index is 586. The van der Waals surface area contributed by atoms with Crippen molar-refractivity contribution in [2.75, 3.05) is 33.9 Å². The topological polar surface area (TPSA) is 24.9 Å². The SMILES string of the molecule is CO[C@H]1CC[C@@]2(OC)CCN(Cc3cc(CN4CCCCC4)cs3)[C@H]2C1. The molecule has 4 nitrogen and oxygen atoms in total. The number of nitrogens with zero attached hydrogens (tertiary/aromatic N) is 2. The van der Waals surface area contributed by atoms with Crippen molar-refractivity contribution >= 4 is 11.3 Å². The first-order valence-corrected chi connectivity index (χ1v) is 11.2. The maximum absolute atomic E-state index is 6.07. The van der Waals surface area contributed by atoms with Gasteiger partial charge in [-0.2, -0.15) is 0 Å². The molecule has 4 rings (SSSR count). The van der Waals surface area contributed by atoms with Crippen molar-refractivity contribution in [3.8, 4) is 0 Å². The van der Waals surface area contributed by atoms with Crippen LogP contribution < -0.4 is 0 Å². The van der Waals surface area contributed by atoms with Crippen LogP contribution >= 0.6 is 11.3 Å². The lowest BCUT2D eigenvalue weighted by Gasteiger charge is -2.43. The van der Waals surface area contributed by atoms with E-state index in [1.807, 2.05) is 25.6 Å². The average molecular weight is 379 g/mol. The zero-order valence-electron chi connectivity index (χ0n) is 16.4. The van der Waals surface area contributed by atoms with E-state index < -0.39 is 0 Å². The van der Waals surface area contributed by atoms with Gasteiger partial charge in [0.25, 0.3) is 0 Å². The van der Waals surface area contributed by atoms with E-state index in [1.165, 1.54) is 42.8 Å². The molecule has 3 atom stereocenters. The van der Waals surface area contributed by atoms with Crippen LogP contribution in [-0.4, -0.2) is 61.4 Å². The Morgan fingerprint density at radius 2 is 1.96 bits per heavy atom. The van der Waals surface area contributed by atoms with E-state index in [-0.39, 0.29) is 5.60 Å². The molecule has 2 aliphatic heterocycles. The van der Waals surface area contributed by atoms with Crippen molar-refractivity contribution < 1.29 is 9.47 Å². The summed E-state index contributed by atoms with van der Waals surface area (Å²) in [5.41, 5.74) is 1.56. The lowest BCUT2D eigenvalue weighted by atomic mass is 9.79. The first-order chi connectivity index (χ1) is 12.7. The van der Waals surface area contributed by atoms with Crippen LogP contribution in [0.5, 0.6) is 0 Å². The van der Waals surface area contributed by atoms with Gasteiger partial charge in [-0.25, -0.2) is 0 Å². The first-order valence-electron chi connectivity index (χ1n) is 10.3. The molecule has 1 aromatic heterocycles. The highest BCUT2D eigenvalue weighted by molar-refractivity contribution is 7.10. The zero-order valence-corrected chi connectivity index (χ0v) is 17.2. The van der Waals surface area contributed by atoms with Crippen LogP contribution in [-0.2, 0) is 22.6 Å². The Hall–Kier alpha value is -0.460. The smallest absolute Gasteiger partial charge is 0.0847 e. The van der Waals surface area contributed by atoms with Gasteiger partial charge in [0.15, 0.2) is 0 Å². The van der Waals surface area contributed by atoms with E-state index in [4.69, 9.17) is 9.47 Å². The molecule has 0 bridgehead atoms. The highest BCUT2D eigenvalue weighted by atomic mass is 32.1. The standard InChI is InChI=1S/C21H34N2O2S/c1-24-18-6-7-21(25-2)8-11-23(20(21)13-18)15-19-12-17(16-26-19)14-22-9-4-3-5-10-22/h12,16,18,20H,3-11,13-15H2,1-2H3/t18-,20-,21+/m0/s1. The van der Waals surface area contributed by atoms with Gasteiger partial charge < -0.3 is 9.47 Å². The van der Waals surface area contributed by atoms with Gasteiger partial charge in [-0.05, 0) is 68.6 Å². The largest absolute Gasteiger partial charge is 0.381 e. The van der Waals surface area contributed by atoms with Crippen molar-refractivity contribution in [1.82, 2.24) is 9.80 Å². The highest BCUT2D eigenvalue weighted by Gasteiger charge is 2.51. The number of methoxy groups -OCH3 is 2. The van der Waals surface area contributed by atoms with Crippen molar-refractivity contribution in [1.29, 1.82) is 0 Å². The van der Waals surface area contributed by atoms with Gasteiger partial charge in [-0.15, -0.1) is 11.3 Å².